The molecular formula is C40H24N2S2. The Morgan fingerprint density at radius 3 is 1.73 bits per heavy atom. The molecule has 206 valence electrons. The number of fused-ring (bicyclic) bond motifs is 6. The van der Waals surface area contributed by atoms with Crippen molar-refractivity contribution in [2.75, 3.05) is 0 Å². The molecule has 9 aromatic rings. The molecule has 0 saturated carbocycles. The number of nitrogens with zero attached hydrogens (tertiary/aromatic N) is 2. The molecule has 0 radical (unpaired) electrons. The zero-order valence-electron chi connectivity index (χ0n) is 23.6. The van der Waals surface area contributed by atoms with E-state index in [2.05, 4.69) is 145 Å². The molecule has 4 heteroatoms. The van der Waals surface area contributed by atoms with E-state index in [1.807, 2.05) is 11.3 Å². The normalized spacial score (nSPS) is 11.6. The van der Waals surface area contributed by atoms with E-state index >= 15 is 0 Å². The average Bonchev–Trinajstić information content (AvgIpc) is 3.67. The molecule has 3 aromatic heterocycles. The smallest absolute Gasteiger partial charge is 0.116 e. The van der Waals surface area contributed by atoms with Crippen molar-refractivity contribution in [2.45, 2.75) is 0 Å². The number of benzene rings is 6. The third kappa shape index (κ3) is 4.07. The predicted molar refractivity (Wildman–Crippen MR) is 190 cm³/mol. The van der Waals surface area contributed by atoms with E-state index < -0.39 is 0 Å². The Hall–Kier alpha value is -5.16. The Morgan fingerprint density at radius 2 is 0.955 bits per heavy atom. The Morgan fingerprint density at radius 1 is 0.386 bits per heavy atom. The van der Waals surface area contributed by atoms with Crippen molar-refractivity contribution in [3.05, 3.63) is 146 Å². The van der Waals surface area contributed by atoms with Crippen LogP contribution < -0.4 is 0 Å². The van der Waals surface area contributed by atoms with E-state index in [-0.39, 0.29) is 0 Å². The van der Waals surface area contributed by atoms with Gasteiger partial charge in [0.1, 0.15) is 6.33 Å². The lowest BCUT2D eigenvalue weighted by atomic mass is 9.96. The van der Waals surface area contributed by atoms with Crippen molar-refractivity contribution in [3.8, 4) is 44.6 Å². The predicted octanol–water partition coefficient (Wildman–Crippen LogP) is 11.9. The fourth-order valence-corrected chi connectivity index (χ4v) is 8.87. The van der Waals surface area contributed by atoms with Gasteiger partial charge in [-0.05, 0) is 51.6 Å². The summed E-state index contributed by atoms with van der Waals surface area (Å²) in [6, 6.07) is 50.2. The molecule has 0 aliphatic carbocycles. The van der Waals surface area contributed by atoms with Gasteiger partial charge in [-0.1, -0.05) is 121 Å². The highest BCUT2D eigenvalue weighted by molar-refractivity contribution is 7.27. The lowest BCUT2D eigenvalue weighted by Crippen LogP contribution is -1.87. The SMILES string of the molecule is c1ccc(-c2cccc3c2sc2c(-c4cccc(-c5cccc(-c6ncnc7c6sc6ccccc67)c5)c4)cccc23)cc1. The number of rotatable bonds is 4. The van der Waals surface area contributed by atoms with Crippen LogP contribution in [0.3, 0.4) is 0 Å². The molecule has 0 aliphatic rings. The van der Waals surface area contributed by atoms with E-state index in [4.69, 9.17) is 4.98 Å². The van der Waals surface area contributed by atoms with Crippen LogP contribution in [0, 0.1) is 0 Å². The van der Waals surface area contributed by atoms with Gasteiger partial charge in [-0.3, -0.25) is 0 Å². The first kappa shape index (κ1) is 25.3. The van der Waals surface area contributed by atoms with Crippen LogP contribution in [0.5, 0.6) is 0 Å². The average molecular weight is 597 g/mol. The minimum absolute atomic E-state index is 0.985. The second kappa shape index (κ2) is 10.2. The quantitative estimate of drug-likeness (QED) is 0.202. The third-order valence-electron chi connectivity index (χ3n) is 8.41. The molecule has 0 amide bonds. The number of hydrogen-bond acceptors (Lipinski definition) is 4. The molecule has 44 heavy (non-hydrogen) atoms. The molecule has 2 nitrogen and oxygen atoms in total. The first-order chi connectivity index (χ1) is 21.8. The Labute approximate surface area is 262 Å². The van der Waals surface area contributed by atoms with Crippen LogP contribution in [0.1, 0.15) is 0 Å². The van der Waals surface area contributed by atoms with Gasteiger partial charge >= 0.3 is 0 Å². The van der Waals surface area contributed by atoms with Crippen LogP contribution in [0.15, 0.2) is 146 Å². The maximum Gasteiger partial charge on any atom is 0.116 e. The van der Waals surface area contributed by atoms with Crippen molar-refractivity contribution >= 4 is 63.1 Å². The van der Waals surface area contributed by atoms with Crippen LogP contribution in [0.2, 0.25) is 0 Å². The summed E-state index contributed by atoms with van der Waals surface area (Å²) in [6.07, 6.45) is 1.69. The fraction of sp³-hybridized carbons (Fsp3) is 0. The van der Waals surface area contributed by atoms with Crippen LogP contribution in [-0.2, 0) is 0 Å². The lowest BCUT2D eigenvalue weighted by Gasteiger charge is -2.09. The molecule has 0 N–H and O–H groups in total. The minimum Gasteiger partial charge on any atom is -0.235 e. The number of hydrogen-bond donors (Lipinski definition) is 0. The Bertz CT molecular complexity index is 2510. The topological polar surface area (TPSA) is 25.8 Å². The summed E-state index contributed by atoms with van der Waals surface area (Å²) in [6.45, 7) is 0. The van der Waals surface area contributed by atoms with E-state index in [9.17, 15) is 0 Å². The molecule has 0 atom stereocenters. The highest BCUT2D eigenvalue weighted by Gasteiger charge is 2.16. The maximum absolute atomic E-state index is 4.76. The summed E-state index contributed by atoms with van der Waals surface area (Å²) in [5.74, 6) is 0. The first-order valence-electron chi connectivity index (χ1n) is 14.6. The molecule has 0 bridgehead atoms. The Balaban J connectivity index is 1.16. The summed E-state index contributed by atoms with van der Waals surface area (Å²) in [7, 11) is 0. The Kier molecular flexibility index (Phi) is 5.90. The van der Waals surface area contributed by atoms with Crippen molar-refractivity contribution < 1.29 is 0 Å². The van der Waals surface area contributed by atoms with Gasteiger partial charge in [0.25, 0.3) is 0 Å². The van der Waals surface area contributed by atoms with E-state index in [0.717, 1.165) is 21.5 Å². The summed E-state index contributed by atoms with van der Waals surface area (Å²) >= 11 is 3.66. The molecular weight excluding hydrogens is 573 g/mol. The summed E-state index contributed by atoms with van der Waals surface area (Å²) in [4.78, 5) is 9.40. The standard InChI is InChI=1S/C40H24N2S2/c1-2-10-25(11-3-1)30-17-8-19-32-33-20-9-18-31(39(33)44-38(30)32)28-14-6-12-26(22-28)27-13-7-15-29(23-27)36-40-37(42-24-41-36)34-16-4-5-21-35(34)43-40/h1-24H. The summed E-state index contributed by atoms with van der Waals surface area (Å²) in [5.41, 5.74) is 10.5. The third-order valence-corrected chi connectivity index (χ3v) is 10.9. The van der Waals surface area contributed by atoms with Crippen LogP contribution in [0.25, 0.3) is 85.1 Å². The molecule has 0 unspecified atom stereocenters. The van der Waals surface area contributed by atoms with Crippen molar-refractivity contribution in [3.63, 3.8) is 0 Å². The zero-order chi connectivity index (χ0) is 29.0. The maximum atomic E-state index is 4.76. The van der Waals surface area contributed by atoms with Gasteiger partial charge in [0, 0.05) is 35.8 Å². The second-order valence-electron chi connectivity index (χ2n) is 11.0. The van der Waals surface area contributed by atoms with Gasteiger partial charge in [0.2, 0.25) is 0 Å². The summed E-state index contributed by atoms with van der Waals surface area (Å²) in [5, 5.41) is 3.81. The zero-order valence-corrected chi connectivity index (χ0v) is 25.2. The van der Waals surface area contributed by atoms with E-state index in [1.54, 1.807) is 17.7 Å². The van der Waals surface area contributed by atoms with Gasteiger partial charge in [0.15, 0.2) is 0 Å². The lowest BCUT2D eigenvalue weighted by molar-refractivity contribution is 1.24. The molecule has 3 heterocycles. The van der Waals surface area contributed by atoms with Crippen LogP contribution >= 0.6 is 22.7 Å². The minimum atomic E-state index is 0.985. The van der Waals surface area contributed by atoms with Crippen molar-refractivity contribution in [1.82, 2.24) is 9.97 Å². The monoisotopic (exact) mass is 596 g/mol. The fourth-order valence-electron chi connectivity index (χ4n) is 6.33. The molecule has 0 saturated heterocycles. The second-order valence-corrected chi connectivity index (χ2v) is 13.1. The van der Waals surface area contributed by atoms with Gasteiger partial charge in [-0.15, -0.1) is 22.7 Å². The van der Waals surface area contributed by atoms with E-state index in [1.165, 1.54) is 63.6 Å². The molecule has 0 spiro atoms. The van der Waals surface area contributed by atoms with Crippen molar-refractivity contribution in [2.24, 2.45) is 0 Å². The highest BCUT2D eigenvalue weighted by atomic mass is 32.1. The van der Waals surface area contributed by atoms with Crippen LogP contribution in [0.4, 0.5) is 0 Å². The van der Waals surface area contributed by atoms with Gasteiger partial charge in [-0.2, -0.15) is 0 Å². The molecule has 0 fully saturated rings. The highest BCUT2D eigenvalue weighted by Crippen LogP contribution is 2.44. The van der Waals surface area contributed by atoms with Gasteiger partial charge < -0.3 is 0 Å². The largest absolute Gasteiger partial charge is 0.235 e. The molecule has 6 aromatic carbocycles. The summed E-state index contributed by atoms with van der Waals surface area (Å²) < 4.78 is 5.03. The number of thiophene rings is 2. The molecule has 9 rings (SSSR count). The molecule has 0 aliphatic heterocycles. The van der Waals surface area contributed by atoms with Crippen molar-refractivity contribution in [1.29, 1.82) is 0 Å². The van der Waals surface area contributed by atoms with Crippen LogP contribution in [-0.4, -0.2) is 9.97 Å². The number of aromatic nitrogens is 2. The first-order valence-corrected chi connectivity index (χ1v) is 16.3. The van der Waals surface area contributed by atoms with Gasteiger partial charge in [-0.25, -0.2) is 9.97 Å². The van der Waals surface area contributed by atoms with E-state index in [0.29, 0.717) is 0 Å². The van der Waals surface area contributed by atoms with Gasteiger partial charge in [0.05, 0.1) is 15.9 Å².